The van der Waals surface area contributed by atoms with Gasteiger partial charge >= 0.3 is 0 Å². The molecule has 2 aromatic heterocycles. The molecule has 0 saturated carbocycles. The van der Waals surface area contributed by atoms with Crippen molar-refractivity contribution in [3.63, 3.8) is 0 Å². The fourth-order valence-electron chi connectivity index (χ4n) is 2.02. The molecule has 3 nitrogen and oxygen atoms in total. The van der Waals surface area contributed by atoms with Crippen LogP contribution in [0.3, 0.4) is 0 Å². The van der Waals surface area contributed by atoms with Gasteiger partial charge in [0.15, 0.2) is 12.4 Å². The molecule has 5 heteroatoms. The van der Waals surface area contributed by atoms with Crippen LogP contribution in [0.15, 0.2) is 48.8 Å². The van der Waals surface area contributed by atoms with Gasteiger partial charge in [-0.2, -0.15) is 9.13 Å². The summed E-state index contributed by atoms with van der Waals surface area (Å²) in [5.41, 5.74) is 2.61. The Morgan fingerprint density at radius 3 is 1.53 bits per heavy atom. The number of rotatable bonds is 0. The Morgan fingerprint density at radius 1 is 0.706 bits per heavy atom. The Bertz CT molecular complexity index is 446. The Morgan fingerprint density at radius 2 is 1.12 bits per heavy atom. The van der Waals surface area contributed by atoms with E-state index in [0.717, 1.165) is 13.1 Å². The van der Waals surface area contributed by atoms with Gasteiger partial charge in [-0.1, -0.05) is 0 Å². The molecule has 3 rings (SSSR count). The summed E-state index contributed by atoms with van der Waals surface area (Å²) < 4.78 is 4.60. The summed E-state index contributed by atoms with van der Waals surface area (Å²) >= 11 is 0. The predicted octanol–water partition coefficient (Wildman–Crippen LogP) is -5.87. The fourth-order valence-corrected chi connectivity index (χ4v) is 2.02. The Balaban J connectivity index is 0.000000853. The lowest BCUT2D eigenvalue weighted by Gasteiger charge is -2.08. The summed E-state index contributed by atoms with van der Waals surface area (Å²) in [5, 5.41) is 0. The molecule has 0 aliphatic carbocycles. The fraction of sp³-hybridized carbons (Fsp3) is 0.167. The van der Waals surface area contributed by atoms with Gasteiger partial charge in [-0.05, 0) is 12.1 Å². The lowest BCUT2D eigenvalue weighted by molar-refractivity contribution is -0.794. The number of hydrogen-bond donors (Lipinski definition) is 0. The number of halogens is 2. The van der Waals surface area contributed by atoms with Crippen molar-refractivity contribution >= 4 is 0 Å². The second-order valence-electron chi connectivity index (χ2n) is 3.56. The van der Waals surface area contributed by atoms with Crippen molar-refractivity contribution in [3.05, 3.63) is 48.8 Å². The minimum atomic E-state index is 0. The van der Waals surface area contributed by atoms with Crippen LogP contribution in [0.1, 0.15) is 0 Å². The third-order valence-corrected chi connectivity index (χ3v) is 2.73. The topological polar surface area (TPSA) is 39.3 Å². The number of aromatic nitrogens is 2. The van der Waals surface area contributed by atoms with E-state index in [-0.39, 0.29) is 39.4 Å². The maximum Gasteiger partial charge on any atom is 0.277 e. The molecule has 1 aliphatic heterocycles. The molecule has 92 valence electrons. The van der Waals surface area contributed by atoms with E-state index >= 15 is 0 Å². The third kappa shape index (κ3) is 2.91. The zero-order valence-electron chi connectivity index (χ0n) is 9.18. The summed E-state index contributed by atoms with van der Waals surface area (Å²) in [6, 6.07) is 12.7. The first-order valence-electron chi connectivity index (χ1n) is 4.92. The van der Waals surface area contributed by atoms with Crippen LogP contribution >= 0.6 is 0 Å². The van der Waals surface area contributed by atoms with Gasteiger partial charge < -0.3 is 39.4 Å². The quantitative estimate of drug-likeness (QED) is 0.419. The zero-order valence-corrected chi connectivity index (χ0v) is 12.4. The molecule has 0 amide bonds. The van der Waals surface area contributed by atoms with Gasteiger partial charge in [0.05, 0.1) is 0 Å². The van der Waals surface area contributed by atoms with E-state index in [9.17, 15) is 0 Å². The first-order chi connectivity index (χ1) is 6.95. The molecular weight excluding hydrogens is 348 g/mol. The van der Waals surface area contributed by atoms with E-state index in [1.54, 1.807) is 0 Å². The van der Waals surface area contributed by atoms with Gasteiger partial charge in [-0.3, -0.25) is 0 Å². The molecule has 17 heavy (non-hydrogen) atoms. The van der Waals surface area contributed by atoms with Crippen molar-refractivity contribution in [1.29, 1.82) is 0 Å². The highest BCUT2D eigenvalue weighted by atomic mass is 79.9. The second-order valence-corrected chi connectivity index (χ2v) is 3.56. The van der Waals surface area contributed by atoms with Crippen LogP contribution in [-0.2, 0) is 13.1 Å². The monoisotopic (exact) mass is 360 g/mol. The highest BCUT2D eigenvalue weighted by Gasteiger charge is 2.27. The van der Waals surface area contributed by atoms with E-state index in [4.69, 9.17) is 0 Å². The standard InChI is InChI=1S/C12H12N2.2BrH.H2O/c1-3-7-13-9-10-14-8-4-2-6-12(14)11(13)5-1;;;/h1-8H,9-10H2;2*1H;1H2/q+2;;;/p-2. The van der Waals surface area contributed by atoms with Crippen LogP contribution < -0.4 is 43.1 Å². The molecule has 0 fully saturated rings. The highest BCUT2D eigenvalue weighted by molar-refractivity contribution is 5.46. The molecule has 0 spiro atoms. The Labute approximate surface area is 122 Å². The van der Waals surface area contributed by atoms with Crippen LogP contribution in [0.25, 0.3) is 11.4 Å². The average Bonchev–Trinajstić information content (AvgIpc) is 2.29. The maximum absolute atomic E-state index is 2.30. The number of pyridine rings is 2. The normalized spacial score (nSPS) is 10.8. The summed E-state index contributed by atoms with van der Waals surface area (Å²) in [6.07, 6.45) is 4.29. The van der Waals surface area contributed by atoms with Crippen molar-refractivity contribution in [2.24, 2.45) is 0 Å². The van der Waals surface area contributed by atoms with Gasteiger partial charge in [0, 0.05) is 24.3 Å². The molecule has 1 aliphatic rings. The van der Waals surface area contributed by atoms with E-state index < -0.39 is 0 Å². The van der Waals surface area contributed by atoms with Crippen LogP contribution in [0.5, 0.6) is 0 Å². The largest absolute Gasteiger partial charge is 1.00 e. The molecule has 0 bridgehead atoms. The number of aryl methyl sites for hydroxylation is 2. The highest BCUT2D eigenvalue weighted by Crippen LogP contribution is 2.11. The SMILES string of the molecule is O.[Br-].[Br-].c1cc[n+]2c(c1)-c1cccc[n+]1CC2. The van der Waals surface area contributed by atoms with Crippen molar-refractivity contribution in [3.8, 4) is 11.4 Å². The number of fused-ring (bicyclic) bond motifs is 3. The molecule has 2 aromatic rings. The molecular formula is C12H14Br2N2O. The Kier molecular flexibility index (Phi) is 6.52. The van der Waals surface area contributed by atoms with Gasteiger partial charge in [0.25, 0.3) is 11.4 Å². The maximum atomic E-state index is 2.30. The Hall–Kier alpha value is -0.780. The molecule has 3 heterocycles. The van der Waals surface area contributed by atoms with E-state index in [2.05, 4.69) is 57.9 Å². The lowest BCUT2D eigenvalue weighted by atomic mass is 10.2. The molecule has 0 aromatic carbocycles. The first kappa shape index (κ1) is 16.2. The van der Waals surface area contributed by atoms with Crippen LogP contribution in [0.2, 0.25) is 0 Å². The smallest absolute Gasteiger partial charge is 0.277 e. The van der Waals surface area contributed by atoms with Crippen molar-refractivity contribution in [2.75, 3.05) is 0 Å². The third-order valence-electron chi connectivity index (χ3n) is 2.73. The van der Waals surface area contributed by atoms with Crippen LogP contribution in [0, 0.1) is 0 Å². The molecule has 0 unspecified atom stereocenters. The summed E-state index contributed by atoms with van der Waals surface area (Å²) in [6.45, 7) is 2.13. The van der Waals surface area contributed by atoms with Crippen molar-refractivity contribution in [2.45, 2.75) is 13.1 Å². The van der Waals surface area contributed by atoms with Crippen LogP contribution in [-0.4, -0.2) is 5.48 Å². The van der Waals surface area contributed by atoms with Gasteiger partial charge in [-0.15, -0.1) is 0 Å². The van der Waals surface area contributed by atoms with E-state index in [0.29, 0.717) is 0 Å². The summed E-state index contributed by atoms with van der Waals surface area (Å²) in [4.78, 5) is 0. The second kappa shape index (κ2) is 6.83. The summed E-state index contributed by atoms with van der Waals surface area (Å²) in [7, 11) is 0. The van der Waals surface area contributed by atoms with Crippen molar-refractivity contribution in [1.82, 2.24) is 0 Å². The first-order valence-corrected chi connectivity index (χ1v) is 4.92. The van der Waals surface area contributed by atoms with Crippen LogP contribution in [0.4, 0.5) is 0 Å². The van der Waals surface area contributed by atoms with Gasteiger partial charge in [0.1, 0.15) is 0 Å². The van der Waals surface area contributed by atoms with Crippen molar-refractivity contribution < 1.29 is 48.6 Å². The molecule has 2 N–H and O–H groups in total. The lowest BCUT2D eigenvalue weighted by Crippen LogP contribution is -3.00. The van der Waals surface area contributed by atoms with Gasteiger partial charge in [-0.25, -0.2) is 0 Å². The van der Waals surface area contributed by atoms with Gasteiger partial charge in [0.2, 0.25) is 13.1 Å². The zero-order chi connectivity index (χ0) is 9.38. The minimum absolute atomic E-state index is 0. The average molecular weight is 362 g/mol. The number of hydrogen-bond acceptors (Lipinski definition) is 0. The van der Waals surface area contributed by atoms with E-state index in [1.807, 2.05) is 0 Å². The molecule has 0 atom stereocenters. The molecule has 0 saturated heterocycles. The van der Waals surface area contributed by atoms with E-state index in [1.165, 1.54) is 11.4 Å². The minimum Gasteiger partial charge on any atom is -1.00 e. The molecule has 0 radical (unpaired) electrons. The number of nitrogens with zero attached hydrogens (tertiary/aromatic N) is 2. The summed E-state index contributed by atoms with van der Waals surface area (Å²) in [5.74, 6) is 0. The predicted molar refractivity (Wildman–Crippen MR) is 55.9 cm³/mol.